The number of anilines is 1. The van der Waals surface area contributed by atoms with Gasteiger partial charge in [-0.2, -0.15) is 4.68 Å². The molecule has 0 aliphatic heterocycles. The Kier molecular flexibility index (Phi) is 6.18. The van der Waals surface area contributed by atoms with E-state index in [0.717, 1.165) is 16.7 Å². The standard InChI is InChI=1S/C20H19FN4O4/c1-2-13-5-3-4-6-16(13)23-17(26)11-22-18(27)12-25-20(28)29-19(24-25)14-7-9-15(21)10-8-14/h3-10H,2,11-12H2,1H3,(H,22,27)(H,23,26). The van der Waals surface area contributed by atoms with Gasteiger partial charge in [0, 0.05) is 11.3 Å². The minimum Gasteiger partial charge on any atom is -0.388 e. The summed E-state index contributed by atoms with van der Waals surface area (Å²) in [5, 5.41) is 9.09. The number of halogens is 1. The van der Waals surface area contributed by atoms with Crippen LogP contribution in [-0.4, -0.2) is 28.1 Å². The Morgan fingerprint density at radius 2 is 1.83 bits per heavy atom. The summed E-state index contributed by atoms with van der Waals surface area (Å²) < 4.78 is 18.8. The van der Waals surface area contributed by atoms with Crippen molar-refractivity contribution in [2.75, 3.05) is 11.9 Å². The molecule has 2 N–H and O–H groups in total. The van der Waals surface area contributed by atoms with Crippen LogP contribution in [0, 0.1) is 5.82 Å². The third-order valence-electron chi connectivity index (χ3n) is 4.11. The Balaban J connectivity index is 1.56. The van der Waals surface area contributed by atoms with Gasteiger partial charge in [0.1, 0.15) is 12.4 Å². The summed E-state index contributed by atoms with van der Waals surface area (Å²) in [6.45, 7) is 1.30. The quantitative estimate of drug-likeness (QED) is 0.633. The van der Waals surface area contributed by atoms with Gasteiger partial charge in [-0.1, -0.05) is 25.1 Å². The van der Waals surface area contributed by atoms with Crippen LogP contribution in [0.2, 0.25) is 0 Å². The Hall–Kier alpha value is -3.75. The highest BCUT2D eigenvalue weighted by Gasteiger charge is 2.14. The van der Waals surface area contributed by atoms with Crippen molar-refractivity contribution >= 4 is 17.5 Å². The fourth-order valence-electron chi connectivity index (χ4n) is 2.63. The predicted octanol–water partition coefficient (Wildman–Crippen LogP) is 1.96. The first kappa shape index (κ1) is 20.0. The van der Waals surface area contributed by atoms with E-state index in [1.807, 2.05) is 25.1 Å². The van der Waals surface area contributed by atoms with Crippen molar-refractivity contribution in [2.24, 2.45) is 0 Å². The molecule has 3 aromatic rings. The molecule has 0 fully saturated rings. The summed E-state index contributed by atoms with van der Waals surface area (Å²) in [6, 6.07) is 12.6. The largest absolute Gasteiger partial charge is 0.437 e. The van der Waals surface area contributed by atoms with Gasteiger partial charge in [-0.15, -0.1) is 5.10 Å². The lowest BCUT2D eigenvalue weighted by molar-refractivity contribution is -0.124. The summed E-state index contributed by atoms with van der Waals surface area (Å²) in [5.41, 5.74) is 2.07. The van der Waals surface area contributed by atoms with Crippen molar-refractivity contribution in [1.29, 1.82) is 0 Å². The van der Waals surface area contributed by atoms with Crippen LogP contribution in [0.3, 0.4) is 0 Å². The molecule has 3 rings (SSSR count). The summed E-state index contributed by atoms with van der Waals surface area (Å²) in [6.07, 6.45) is 0.758. The van der Waals surface area contributed by atoms with E-state index in [9.17, 15) is 18.8 Å². The number of para-hydroxylation sites is 1. The Labute approximate surface area is 165 Å². The topological polar surface area (TPSA) is 106 Å². The number of nitrogens with zero attached hydrogens (tertiary/aromatic N) is 2. The Morgan fingerprint density at radius 3 is 2.55 bits per heavy atom. The number of aromatic nitrogens is 2. The van der Waals surface area contributed by atoms with Crippen molar-refractivity contribution < 1.29 is 18.4 Å². The molecule has 0 saturated heterocycles. The lowest BCUT2D eigenvalue weighted by Crippen LogP contribution is -2.36. The molecule has 2 amide bonds. The molecule has 1 aromatic heterocycles. The maximum Gasteiger partial charge on any atom is 0.437 e. The average Bonchev–Trinajstić information content (AvgIpc) is 3.07. The Morgan fingerprint density at radius 1 is 1.10 bits per heavy atom. The van der Waals surface area contributed by atoms with Crippen molar-refractivity contribution in [3.8, 4) is 11.5 Å². The first-order chi connectivity index (χ1) is 14.0. The number of rotatable bonds is 7. The van der Waals surface area contributed by atoms with E-state index in [4.69, 9.17) is 4.42 Å². The molecule has 0 saturated carbocycles. The van der Waals surface area contributed by atoms with Crippen LogP contribution >= 0.6 is 0 Å². The second kappa shape index (κ2) is 8.96. The van der Waals surface area contributed by atoms with E-state index in [2.05, 4.69) is 15.7 Å². The number of hydrogen-bond donors (Lipinski definition) is 2. The van der Waals surface area contributed by atoms with Crippen LogP contribution in [-0.2, 0) is 22.6 Å². The van der Waals surface area contributed by atoms with Crippen LogP contribution < -0.4 is 16.4 Å². The summed E-state index contributed by atoms with van der Waals surface area (Å²) in [4.78, 5) is 36.0. The van der Waals surface area contributed by atoms with Crippen LogP contribution in [0.1, 0.15) is 12.5 Å². The normalized spacial score (nSPS) is 10.6. The number of benzene rings is 2. The van der Waals surface area contributed by atoms with Gasteiger partial charge in [0.2, 0.25) is 17.7 Å². The van der Waals surface area contributed by atoms with Gasteiger partial charge >= 0.3 is 5.76 Å². The van der Waals surface area contributed by atoms with E-state index in [1.165, 1.54) is 24.3 Å². The highest BCUT2D eigenvalue weighted by atomic mass is 19.1. The van der Waals surface area contributed by atoms with Gasteiger partial charge in [-0.05, 0) is 42.3 Å². The van der Waals surface area contributed by atoms with Gasteiger partial charge in [-0.25, -0.2) is 9.18 Å². The monoisotopic (exact) mass is 398 g/mol. The molecule has 1 heterocycles. The molecular weight excluding hydrogens is 379 g/mol. The third-order valence-corrected chi connectivity index (χ3v) is 4.11. The number of hydrogen-bond acceptors (Lipinski definition) is 5. The first-order valence-electron chi connectivity index (χ1n) is 8.94. The predicted molar refractivity (Wildman–Crippen MR) is 104 cm³/mol. The minimum atomic E-state index is -0.833. The number of amides is 2. The summed E-state index contributed by atoms with van der Waals surface area (Å²) in [7, 11) is 0. The van der Waals surface area contributed by atoms with Gasteiger partial charge in [0.25, 0.3) is 0 Å². The van der Waals surface area contributed by atoms with E-state index in [0.29, 0.717) is 11.3 Å². The van der Waals surface area contributed by atoms with E-state index < -0.39 is 29.9 Å². The number of carbonyl (C=O) groups is 2. The van der Waals surface area contributed by atoms with Gasteiger partial charge in [0.15, 0.2) is 0 Å². The maximum atomic E-state index is 13.0. The smallest absolute Gasteiger partial charge is 0.388 e. The summed E-state index contributed by atoms with van der Waals surface area (Å²) in [5.74, 6) is -2.27. The molecule has 29 heavy (non-hydrogen) atoms. The van der Waals surface area contributed by atoms with Crippen LogP contribution in [0.15, 0.2) is 57.7 Å². The zero-order valence-electron chi connectivity index (χ0n) is 15.6. The average molecular weight is 398 g/mol. The van der Waals surface area contributed by atoms with Crippen molar-refractivity contribution in [1.82, 2.24) is 15.1 Å². The van der Waals surface area contributed by atoms with Gasteiger partial charge < -0.3 is 15.1 Å². The number of aryl methyl sites for hydroxylation is 1. The highest BCUT2D eigenvalue weighted by molar-refractivity contribution is 5.95. The van der Waals surface area contributed by atoms with Gasteiger partial charge in [0.05, 0.1) is 6.54 Å². The molecule has 150 valence electrons. The zero-order chi connectivity index (χ0) is 20.8. The zero-order valence-corrected chi connectivity index (χ0v) is 15.6. The van der Waals surface area contributed by atoms with E-state index >= 15 is 0 Å². The van der Waals surface area contributed by atoms with Crippen LogP contribution in [0.4, 0.5) is 10.1 Å². The molecule has 2 aromatic carbocycles. The molecule has 0 radical (unpaired) electrons. The molecule has 0 aliphatic carbocycles. The first-order valence-corrected chi connectivity index (χ1v) is 8.94. The molecule has 0 spiro atoms. The van der Waals surface area contributed by atoms with Crippen LogP contribution in [0.25, 0.3) is 11.5 Å². The van der Waals surface area contributed by atoms with Gasteiger partial charge in [-0.3, -0.25) is 9.59 Å². The van der Waals surface area contributed by atoms with Crippen molar-refractivity contribution in [3.63, 3.8) is 0 Å². The van der Waals surface area contributed by atoms with E-state index in [-0.39, 0.29) is 12.4 Å². The number of carbonyl (C=O) groups excluding carboxylic acids is 2. The molecule has 9 heteroatoms. The van der Waals surface area contributed by atoms with Crippen LogP contribution in [0.5, 0.6) is 0 Å². The SMILES string of the molecule is CCc1ccccc1NC(=O)CNC(=O)Cn1nc(-c2ccc(F)cc2)oc1=O. The second-order valence-electron chi connectivity index (χ2n) is 6.17. The highest BCUT2D eigenvalue weighted by Crippen LogP contribution is 2.16. The molecule has 0 atom stereocenters. The minimum absolute atomic E-state index is 0.0308. The van der Waals surface area contributed by atoms with E-state index in [1.54, 1.807) is 6.07 Å². The molecule has 0 bridgehead atoms. The lowest BCUT2D eigenvalue weighted by Gasteiger charge is -2.10. The fourth-order valence-corrected chi connectivity index (χ4v) is 2.63. The number of nitrogens with one attached hydrogen (secondary N) is 2. The fraction of sp³-hybridized carbons (Fsp3) is 0.200. The molecular formula is C20H19FN4O4. The van der Waals surface area contributed by atoms with Crippen molar-refractivity contribution in [2.45, 2.75) is 19.9 Å². The van der Waals surface area contributed by atoms with Crippen molar-refractivity contribution in [3.05, 3.63) is 70.5 Å². The second-order valence-corrected chi connectivity index (χ2v) is 6.17. The maximum absolute atomic E-state index is 13.0. The Bertz CT molecular complexity index is 1070. The molecule has 0 unspecified atom stereocenters. The molecule has 0 aliphatic rings. The summed E-state index contributed by atoms with van der Waals surface area (Å²) >= 11 is 0. The molecule has 8 nitrogen and oxygen atoms in total. The lowest BCUT2D eigenvalue weighted by atomic mass is 10.1. The third kappa shape index (κ3) is 5.16.